The minimum atomic E-state index is -0.610. The highest BCUT2D eigenvalue weighted by Gasteiger charge is 2.19. The molecule has 0 aliphatic carbocycles. The number of benzene rings is 2. The molecule has 110 valence electrons. The number of ether oxygens (including phenoxy) is 2. The Morgan fingerprint density at radius 2 is 1.71 bits per heavy atom. The molecule has 2 rings (SSSR count). The molecule has 0 bridgehead atoms. The van der Waals surface area contributed by atoms with E-state index in [1.165, 1.54) is 7.11 Å². The van der Waals surface area contributed by atoms with Gasteiger partial charge < -0.3 is 14.8 Å². The molecule has 0 aliphatic rings. The Balaban J connectivity index is 2.03. The molecule has 0 fully saturated rings. The van der Waals surface area contributed by atoms with Crippen LogP contribution in [0.5, 0.6) is 5.75 Å². The predicted molar refractivity (Wildman–Crippen MR) is 81.0 cm³/mol. The van der Waals surface area contributed by atoms with Crippen LogP contribution in [0.25, 0.3) is 0 Å². The topological polar surface area (TPSA) is 47.6 Å². The Morgan fingerprint density at radius 3 is 2.38 bits per heavy atom. The van der Waals surface area contributed by atoms with Crippen LogP contribution in [0, 0.1) is 0 Å². The Kier molecular flexibility index (Phi) is 5.35. The number of hydrogen-bond donors (Lipinski definition) is 1. The van der Waals surface area contributed by atoms with Gasteiger partial charge in [0.15, 0.2) is 6.10 Å². The van der Waals surface area contributed by atoms with Gasteiger partial charge in [0, 0.05) is 19.2 Å². The maximum Gasteiger partial charge on any atom is 0.254 e. The van der Waals surface area contributed by atoms with Gasteiger partial charge in [0.25, 0.3) is 5.91 Å². The van der Waals surface area contributed by atoms with Gasteiger partial charge in [-0.25, -0.2) is 0 Å². The monoisotopic (exact) mass is 285 g/mol. The third-order valence-electron chi connectivity index (χ3n) is 3.22. The van der Waals surface area contributed by atoms with Gasteiger partial charge in [0.1, 0.15) is 5.75 Å². The first-order valence-corrected chi connectivity index (χ1v) is 6.73. The minimum Gasteiger partial charge on any atom is -0.496 e. The minimum absolute atomic E-state index is 0.172. The largest absolute Gasteiger partial charge is 0.496 e. The van der Waals surface area contributed by atoms with E-state index in [1.54, 1.807) is 7.11 Å². The summed E-state index contributed by atoms with van der Waals surface area (Å²) in [6.45, 7) is 0.398. The maximum absolute atomic E-state index is 12.3. The Hall–Kier alpha value is -2.33. The molecule has 4 heteroatoms. The Labute approximate surface area is 124 Å². The highest BCUT2D eigenvalue weighted by molar-refractivity contribution is 5.82. The summed E-state index contributed by atoms with van der Waals surface area (Å²) >= 11 is 0. The van der Waals surface area contributed by atoms with Crippen molar-refractivity contribution in [3.8, 4) is 5.75 Å². The lowest BCUT2D eigenvalue weighted by Crippen LogP contribution is -2.30. The maximum atomic E-state index is 12.3. The van der Waals surface area contributed by atoms with Crippen molar-refractivity contribution in [2.75, 3.05) is 14.2 Å². The van der Waals surface area contributed by atoms with Crippen LogP contribution in [-0.4, -0.2) is 20.1 Å². The summed E-state index contributed by atoms with van der Waals surface area (Å²) < 4.78 is 10.6. The van der Waals surface area contributed by atoms with Crippen LogP contribution in [0.2, 0.25) is 0 Å². The predicted octanol–water partition coefficient (Wildman–Crippen LogP) is 2.70. The molecule has 0 aromatic heterocycles. The molecule has 0 saturated carbocycles. The van der Waals surface area contributed by atoms with Crippen molar-refractivity contribution in [3.05, 3.63) is 65.7 Å². The van der Waals surface area contributed by atoms with E-state index in [2.05, 4.69) is 5.32 Å². The molecule has 2 aromatic carbocycles. The van der Waals surface area contributed by atoms with Gasteiger partial charge in [-0.1, -0.05) is 48.5 Å². The first-order valence-electron chi connectivity index (χ1n) is 6.73. The average molecular weight is 285 g/mol. The van der Waals surface area contributed by atoms with E-state index >= 15 is 0 Å². The summed E-state index contributed by atoms with van der Waals surface area (Å²) in [6.07, 6.45) is -0.610. The lowest BCUT2D eigenvalue weighted by atomic mass is 10.1. The lowest BCUT2D eigenvalue weighted by molar-refractivity contribution is -0.131. The molecule has 2 aromatic rings. The fourth-order valence-corrected chi connectivity index (χ4v) is 2.15. The summed E-state index contributed by atoms with van der Waals surface area (Å²) in [6, 6.07) is 17.0. The summed E-state index contributed by atoms with van der Waals surface area (Å²) in [5.41, 5.74) is 1.76. The molecule has 0 spiro atoms. The molecule has 0 heterocycles. The zero-order valence-corrected chi connectivity index (χ0v) is 12.2. The van der Waals surface area contributed by atoms with Gasteiger partial charge in [0.05, 0.1) is 7.11 Å². The summed E-state index contributed by atoms with van der Waals surface area (Å²) in [5.74, 6) is 0.584. The van der Waals surface area contributed by atoms with Crippen LogP contribution in [0.15, 0.2) is 54.6 Å². The van der Waals surface area contributed by atoms with Gasteiger partial charge in [-0.05, 0) is 11.6 Å². The van der Waals surface area contributed by atoms with Gasteiger partial charge in [-0.3, -0.25) is 4.79 Å². The highest BCUT2D eigenvalue weighted by atomic mass is 16.5. The fourth-order valence-electron chi connectivity index (χ4n) is 2.15. The smallest absolute Gasteiger partial charge is 0.254 e. The van der Waals surface area contributed by atoms with Gasteiger partial charge in [-0.15, -0.1) is 0 Å². The molecule has 21 heavy (non-hydrogen) atoms. The molecular weight excluding hydrogens is 266 g/mol. The van der Waals surface area contributed by atoms with E-state index in [1.807, 2.05) is 54.6 Å². The Morgan fingerprint density at radius 1 is 1.05 bits per heavy atom. The van der Waals surface area contributed by atoms with E-state index in [4.69, 9.17) is 9.47 Å². The number of rotatable bonds is 6. The molecule has 0 saturated heterocycles. The van der Waals surface area contributed by atoms with Gasteiger partial charge >= 0.3 is 0 Å². The molecule has 1 atom stereocenters. The van der Waals surface area contributed by atoms with Gasteiger partial charge in [-0.2, -0.15) is 0 Å². The molecule has 0 aliphatic heterocycles. The number of nitrogens with one attached hydrogen (secondary N) is 1. The average Bonchev–Trinajstić information content (AvgIpc) is 2.55. The standard InChI is InChI=1S/C17H19NO3/c1-20-15-11-7-6-10-14(15)12-18-17(19)16(21-2)13-8-4-3-5-9-13/h3-11,16H,12H2,1-2H3,(H,18,19)/t16-/m1/s1. The van der Waals surface area contributed by atoms with Crippen molar-refractivity contribution in [1.82, 2.24) is 5.32 Å². The molecule has 1 N–H and O–H groups in total. The van der Waals surface area contributed by atoms with E-state index in [0.717, 1.165) is 16.9 Å². The molecular formula is C17H19NO3. The zero-order chi connectivity index (χ0) is 15.1. The SMILES string of the molecule is COc1ccccc1CNC(=O)[C@H](OC)c1ccccc1. The second kappa shape index (κ2) is 7.45. The summed E-state index contributed by atoms with van der Waals surface area (Å²) in [5, 5.41) is 2.88. The first kappa shape index (κ1) is 15.1. The van der Waals surface area contributed by atoms with Gasteiger partial charge in [0.2, 0.25) is 0 Å². The van der Waals surface area contributed by atoms with Crippen LogP contribution in [0.4, 0.5) is 0 Å². The van der Waals surface area contributed by atoms with Crippen LogP contribution >= 0.6 is 0 Å². The lowest BCUT2D eigenvalue weighted by Gasteiger charge is -2.16. The van der Waals surface area contributed by atoms with E-state index in [9.17, 15) is 4.79 Å². The van der Waals surface area contributed by atoms with Crippen molar-refractivity contribution < 1.29 is 14.3 Å². The normalized spacial score (nSPS) is 11.7. The van der Waals surface area contributed by atoms with Crippen LogP contribution in [0.3, 0.4) is 0 Å². The molecule has 4 nitrogen and oxygen atoms in total. The quantitative estimate of drug-likeness (QED) is 0.887. The van der Waals surface area contributed by atoms with Crippen LogP contribution < -0.4 is 10.1 Å². The summed E-state index contributed by atoms with van der Waals surface area (Å²) in [7, 11) is 3.14. The van der Waals surface area contributed by atoms with Crippen molar-refractivity contribution in [2.45, 2.75) is 12.6 Å². The number of carbonyl (C=O) groups excluding carboxylic acids is 1. The third-order valence-corrected chi connectivity index (χ3v) is 3.22. The number of amides is 1. The van der Waals surface area contributed by atoms with Crippen LogP contribution in [0.1, 0.15) is 17.2 Å². The van der Waals surface area contributed by atoms with Crippen molar-refractivity contribution in [2.24, 2.45) is 0 Å². The third kappa shape index (κ3) is 3.83. The number of para-hydroxylation sites is 1. The highest BCUT2D eigenvalue weighted by Crippen LogP contribution is 2.19. The summed E-state index contributed by atoms with van der Waals surface area (Å²) in [4.78, 5) is 12.3. The van der Waals surface area contributed by atoms with Crippen LogP contribution in [-0.2, 0) is 16.1 Å². The van der Waals surface area contributed by atoms with E-state index < -0.39 is 6.10 Å². The van der Waals surface area contributed by atoms with E-state index in [0.29, 0.717) is 6.54 Å². The fraction of sp³-hybridized carbons (Fsp3) is 0.235. The Bertz CT molecular complexity index is 584. The van der Waals surface area contributed by atoms with Crippen molar-refractivity contribution in [3.63, 3.8) is 0 Å². The first-order chi connectivity index (χ1) is 10.3. The number of carbonyl (C=O) groups is 1. The van der Waals surface area contributed by atoms with E-state index in [-0.39, 0.29) is 5.91 Å². The van der Waals surface area contributed by atoms with Crippen molar-refractivity contribution >= 4 is 5.91 Å². The second-order valence-electron chi connectivity index (χ2n) is 4.56. The van der Waals surface area contributed by atoms with Crippen molar-refractivity contribution in [1.29, 1.82) is 0 Å². The number of methoxy groups -OCH3 is 2. The molecule has 0 radical (unpaired) electrons. The molecule has 0 unspecified atom stereocenters. The second-order valence-corrected chi connectivity index (χ2v) is 4.56. The zero-order valence-electron chi connectivity index (χ0n) is 12.2. The number of hydrogen-bond acceptors (Lipinski definition) is 3. The molecule has 1 amide bonds.